The van der Waals surface area contributed by atoms with Crippen LogP contribution in [0.1, 0.15) is 12.5 Å². The third-order valence-electron chi connectivity index (χ3n) is 2.68. The predicted molar refractivity (Wildman–Crippen MR) is 71.4 cm³/mol. The third kappa shape index (κ3) is 3.69. The first-order valence-corrected chi connectivity index (χ1v) is 7.20. The Hall–Kier alpha value is -1.11. The molecule has 0 amide bonds. The second kappa shape index (κ2) is 6.17. The molecule has 5 nitrogen and oxygen atoms in total. The number of hydrogen-bond acceptors (Lipinski definition) is 4. The number of ether oxygens (including phenoxy) is 1. The topological polar surface area (TPSA) is 67.4 Å². The van der Waals surface area contributed by atoms with Gasteiger partial charge in [-0.2, -0.15) is 0 Å². The van der Waals surface area contributed by atoms with Crippen molar-refractivity contribution >= 4 is 10.0 Å². The Morgan fingerprint density at radius 2 is 2.06 bits per heavy atom. The van der Waals surface area contributed by atoms with Gasteiger partial charge in [0.15, 0.2) is 0 Å². The minimum Gasteiger partial charge on any atom is -0.495 e. The molecule has 0 bridgehead atoms. The van der Waals surface area contributed by atoms with Crippen LogP contribution in [0.2, 0.25) is 0 Å². The molecule has 0 spiro atoms. The van der Waals surface area contributed by atoms with Crippen LogP contribution in [0.4, 0.5) is 0 Å². The standard InChI is InChI=1S/C12H20N2O3S/c1-9-5-6-11(17-4)12(7-9)18(15,16)14-8-10(2)13-3/h5-7,10,13-14H,8H2,1-4H3. The fourth-order valence-electron chi connectivity index (χ4n) is 1.41. The first kappa shape index (κ1) is 14.9. The molecule has 0 saturated heterocycles. The van der Waals surface area contributed by atoms with Crippen molar-refractivity contribution in [3.63, 3.8) is 0 Å². The molecule has 0 saturated carbocycles. The molecule has 1 atom stereocenters. The fourth-order valence-corrected chi connectivity index (χ4v) is 2.79. The second-order valence-corrected chi connectivity index (χ2v) is 5.93. The van der Waals surface area contributed by atoms with E-state index in [1.807, 2.05) is 19.9 Å². The van der Waals surface area contributed by atoms with Gasteiger partial charge in [0.1, 0.15) is 10.6 Å². The first-order valence-electron chi connectivity index (χ1n) is 5.72. The molecule has 0 radical (unpaired) electrons. The molecule has 0 aliphatic rings. The molecule has 0 aliphatic heterocycles. The highest BCUT2D eigenvalue weighted by atomic mass is 32.2. The summed E-state index contributed by atoms with van der Waals surface area (Å²) in [4.78, 5) is 0.174. The first-order chi connectivity index (χ1) is 8.40. The highest BCUT2D eigenvalue weighted by Gasteiger charge is 2.19. The number of rotatable bonds is 6. The summed E-state index contributed by atoms with van der Waals surface area (Å²) in [6, 6.07) is 5.14. The predicted octanol–water partition coefficient (Wildman–Crippen LogP) is 0.890. The van der Waals surface area contributed by atoms with Crippen molar-refractivity contribution in [2.75, 3.05) is 20.7 Å². The summed E-state index contributed by atoms with van der Waals surface area (Å²) < 4.78 is 32.0. The number of methoxy groups -OCH3 is 1. The van der Waals surface area contributed by atoms with E-state index in [-0.39, 0.29) is 10.9 Å². The maximum Gasteiger partial charge on any atom is 0.244 e. The lowest BCUT2D eigenvalue weighted by molar-refractivity contribution is 0.402. The van der Waals surface area contributed by atoms with Gasteiger partial charge in [0.25, 0.3) is 0 Å². The summed E-state index contributed by atoms with van der Waals surface area (Å²) in [6.07, 6.45) is 0. The molecule has 2 N–H and O–H groups in total. The van der Waals surface area contributed by atoms with Gasteiger partial charge >= 0.3 is 0 Å². The summed E-state index contributed by atoms with van der Waals surface area (Å²) in [7, 11) is -0.304. The second-order valence-electron chi connectivity index (χ2n) is 4.20. The van der Waals surface area contributed by atoms with Gasteiger partial charge < -0.3 is 10.1 Å². The minimum absolute atomic E-state index is 0.0654. The van der Waals surface area contributed by atoms with Crippen molar-refractivity contribution in [2.24, 2.45) is 0 Å². The van der Waals surface area contributed by atoms with E-state index in [1.165, 1.54) is 7.11 Å². The van der Waals surface area contributed by atoms with Crippen LogP contribution in [0.5, 0.6) is 5.75 Å². The Morgan fingerprint density at radius 1 is 1.39 bits per heavy atom. The molecule has 1 aromatic rings. The van der Waals surface area contributed by atoms with E-state index in [0.29, 0.717) is 12.3 Å². The molecular formula is C12H20N2O3S. The van der Waals surface area contributed by atoms with Crippen molar-refractivity contribution in [1.82, 2.24) is 10.0 Å². The van der Waals surface area contributed by atoms with Crippen LogP contribution in [0.15, 0.2) is 23.1 Å². The summed E-state index contributed by atoms with van der Waals surface area (Å²) in [5, 5.41) is 2.97. The Bertz CT molecular complexity index is 500. The van der Waals surface area contributed by atoms with Crippen LogP contribution in [0, 0.1) is 6.92 Å². The average molecular weight is 272 g/mol. The molecule has 1 aromatic carbocycles. The van der Waals surface area contributed by atoms with E-state index in [4.69, 9.17) is 4.74 Å². The number of hydrogen-bond donors (Lipinski definition) is 2. The fraction of sp³-hybridized carbons (Fsp3) is 0.500. The molecule has 102 valence electrons. The van der Waals surface area contributed by atoms with Crippen LogP contribution < -0.4 is 14.8 Å². The number of aryl methyl sites for hydroxylation is 1. The summed E-state index contributed by atoms with van der Waals surface area (Å²) in [5.74, 6) is 0.352. The summed E-state index contributed by atoms with van der Waals surface area (Å²) >= 11 is 0. The third-order valence-corrected chi connectivity index (χ3v) is 4.13. The van der Waals surface area contributed by atoms with Crippen molar-refractivity contribution in [3.05, 3.63) is 23.8 Å². The van der Waals surface area contributed by atoms with E-state index in [2.05, 4.69) is 10.0 Å². The normalized spacial score (nSPS) is 13.3. The highest BCUT2D eigenvalue weighted by Crippen LogP contribution is 2.24. The number of nitrogens with one attached hydrogen (secondary N) is 2. The summed E-state index contributed by atoms with van der Waals surface area (Å²) in [6.45, 7) is 4.07. The Morgan fingerprint density at radius 3 is 2.61 bits per heavy atom. The minimum atomic E-state index is -3.55. The average Bonchev–Trinajstić information content (AvgIpc) is 2.36. The smallest absolute Gasteiger partial charge is 0.244 e. The van der Waals surface area contributed by atoms with E-state index in [1.54, 1.807) is 19.2 Å². The maximum absolute atomic E-state index is 12.2. The van der Waals surface area contributed by atoms with E-state index in [0.717, 1.165) is 5.56 Å². The van der Waals surface area contributed by atoms with Crippen LogP contribution in [-0.2, 0) is 10.0 Å². The zero-order valence-electron chi connectivity index (χ0n) is 11.1. The zero-order valence-corrected chi connectivity index (χ0v) is 12.0. The van der Waals surface area contributed by atoms with Crippen LogP contribution in [0.25, 0.3) is 0 Å². The molecule has 0 aromatic heterocycles. The van der Waals surface area contributed by atoms with Gasteiger partial charge in [-0.1, -0.05) is 6.07 Å². The largest absolute Gasteiger partial charge is 0.495 e. The lowest BCUT2D eigenvalue weighted by atomic mass is 10.2. The van der Waals surface area contributed by atoms with Crippen molar-refractivity contribution in [1.29, 1.82) is 0 Å². The van der Waals surface area contributed by atoms with Crippen molar-refractivity contribution in [2.45, 2.75) is 24.8 Å². The van der Waals surface area contributed by atoms with Gasteiger partial charge in [-0.25, -0.2) is 13.1 Å². The van der Waals surface area contributed by atoms with E-state index >= 15 is 0 Å². The lowest BCUT2D eigenvalue weighted by Gasteiger charge is -2.14. The SMILES string of the molecule is CNC(C)CNS(=O)(=O)c1cc(C)ccc1OC. The zero-order chi connectivity index (χ0) is 13.8. The van der Waals surface area contributed by atoms with E-state index < -0.39 is 10.0 Å². The van der Waals surface area contributed by atoms with Crippen molar-refractivity contribution in [3.8, 4) is 5.75 Å². The van der Waals surface area contributed by atoms with E-state index in [9.17, 15) is 8.42 Å². The number of benzene rings is 1. The van der Waals surface area contributed by atoms with Crippen LogP contribution >= 0.6 is 0 Å². The van der Waals surface area contributed by atoms with Gasteiger partial charge in [0.2, 0.25) is 10.0 Å². The lowest BCUT2D eigenvalue weighted by Crippen LogP contribution is -2.37. The van der Waals surface area contributed by atoms with Gasteiger partial charge in [-0.15, -0.1) is 0 Å². The number of sulfonamides is 1. The molecule has 0 fully saturated rings. The Kier molecular flexibility index (Phi) is 5.13. The Balaban J connectivity index is 3.00. The van der Waals surface area contributed by atoms with Gasteiger partial charge in [-0.05, 0) is 38.6 Å². The van der Waals surface area contributed by atoms with Crippen LogP contribution in [-0.4, -0.2) is 35.2 Å². The maximum atomic E-state index is 12.2. The molecule has 1 rings (SSSR count). The molecule has 18 heavy (non-hydrogen) atoms. The summed E-state index contributed by atoms with van der Waals surface area (Å²) in [5.41, 5.74) is 0.873. The van der Waals surface area contributed by atoms with Gasteiger partial charge in [-0.3, -0.25) is 0 Å². The number of likely N-dealkylation sites (N-methyl/N-ethyl adjacent to an activating group) is 1. The van der Waals surface area contributed by atoms with Crippen LogP contribution in [0.3, 0.4) is 0 Å². The van der Waals surface area contributed by atoms with Gasteiger partial charge in [0.05, 0.1) is 7.11 Å². The molecule has 0 aliphatic carbocycles. The van der Waals surface area contributed by atoms with Crippen molar-refractivity contribution < 1.29 is 13.2 Å². The monoisotopic (exact) mass is 272 g/mol. The molecule has 6 heteroatoms. The Labute approximate surface area is 109 Å². The quantitative estimate of drug-likeness (QED) is 0.807. The highest BCUT2D eigenvalue weighted by molar-refractivity contribution is 7.89. The van der Waals surface area contributed by atoms with Gasteiger partial charge in [0, 0.05) is 12.6 Å². The molecular weight excluding hydrogens is 252 g/mol. The molecule has 1 unspecified atom stereocenters. The molecule has 0 heterocycles.